The van der Waals surface area contributed by atoms with E-state index in [-0.39, 0.29) is 11.5 Å². The zero-order valence-corrected chi connectivity index (χ0v) is 9.94. The van der Waals surface area contributed by atoms with Crippen molar-refractivity contribution in [2.45, 2.75) is 38.5 Å². The van der Waals surface area contributed by atoms with Gasteiger partial charge in [0, 0.05) is 18.9 Å². The van der Waals surface area contributed by atoms with Gasteiger partial charge in [-0.25, -0.2) is 4.79 Å². The van der Waals surface area contributed by atoms with Gasteiger partial charge in [-0.05, 0) is 19.3 Å². The molecule has 0 spiro atoms. The molecule has 17 heavy (non-hydrogen) atoms. The Morgan fingerprint density at radius 3 is 3.00 bits per heavy atom. The summed E-state index contributed by atoms with van der Waals surface area (Å²) in [6.07, 6.45) is 3.32. The van der Waals surface area contributed by atoms with Crippen LogP contribution in [0.1, 0.15) is 53.9 Å². The van der Waals surface area contributed by atoms with E-state index >= 15 is 0 Å². The van der Waals surface area contributed by atoms with Crippen molar-refractivity contribution < 1.29 is 19.2 Å². The topological polar surface area (TPSA) is 72.6 Å². The third kappa shape index (κ3) is 2.49. The van der Waals surface area contributed by atoms with Crippen molar-refractivity contribution in [2.24, 2.45) is 0 Å². The van der Waals surface area contributed by atoms with Gasteiger partial charge in [0.05, 0.1) is 6.61 Å². The fourth-order valence-electron chi connectivity index (χ4n) is 2.20. The summed E-state index contributed by atoms with van der Waals surface area (Å²) < 4.78 is 10.5. The summed E-state index contributed by atoms with van der Waals surface area (Å²) in [5.41, 5.74) is 0.808. The summed E-state index contributed by atoms with van der Waals surface area (Å²) in [6.45, 7) is 3.27. The smallest absolute Gasteiger partial charge is 0.341 e. The number of rotatable bonds is 4. The van der Waals surface area contributed by atoms with E-state index in [4.69, 9.17) is 9.26 Å². The second kappa shape index (κ2) is 5.31. The SMILES string of the molecule is CCCc1onc(C2CCCOC2)c1C(=O)O. The molecular formula is C12H17NO4. The number of aryl methyl sites for hydroxylation is 1. The van der Waals surface area contributed by atoms with Gasteiger partial charge in [-0.15, -0.1) is 0 Å². The molecule has 94 valence electrons. The molecule has 1 atom stereocenters. The second-order valence-electron chi connectivity index (χ2n) is 4.34. The fourth-order valence-corrected chi connectivity index (χ4v) is 2.20. The van der Waals surface area contributed by atoms with Crippen molar-refractivity contribution in [1.82, 2.24) is 5.16 Å². The Morgan fingerprint density at radius 2 is 2.41 bits per heavy atom. The van der Waals surface area contributed by atoms with E-state index in [1.165, 1.54) is 0 Å². The van der Waals surface area contributed by atoms with Crippen LogP contribution in [0.3, 0.4) is 0 Å². The van der Waals surface area contributed by atoms with E-state index in [1.54, 1.807) is 0 Å². The van der Waals surface area contributed by atoms with Gasteiger partial charge in [-0.1, -0.05) is 12.1 Å². The first-order chi connectivity index (χ1) is 8.24. The standard InChI is InChI=1S/C12H17NO4/c1-2-4-9-10(12(14)15)11(13-17-9)8-5-3-6-16-7-8/h8H,2-7H2,1H3,(H,14,15). The molecule has 0 bridgehead atoms. The highest BCUT2D eigenvalue weighted by Crippen LogP contribution is 2.29. The molecule has 0 radical (unpaired) electrons. The Hall–Kier alpha value is -1.36. The molecule has 0 aliphatic carbocycles. The molecule has 1 N–H and O–H groups in total. The van der Waals surface area contributed by atoms with E-state index in [9.17, 15) is 9.90 Å². The molecule has 2 rings (SSSR count). The van der Waals surface area contributed by atoms with Crippen LogP contribution in [0, 0.1) is 0 Å². The van der Waals surface area contributed by atoms with Gasteiger partial charge >= 0.3 is 5.97 Å². The molecule has 1 saturated heterocycles. The first-order valence-corrected chi connectivity index (χ1v) is 6.03. The Morgan fingerprint density at radius 1 is 1.59 bits per heavy atom. The number of hydrogen-bond donors (Lipinski definition) is 1. The Bertz CT molecular complexity index is 393. The Balaban J connectivity index is 2.29. The van der Waals surface area contributed by atoms with Crippen molar-refractivity contribution >= 4 is 5.97 Å². The first kappa shape index (κ1) is 12.1. The summed E-state index contributed by atoms with van der Waals surface area (Å²) in [5.74, 6) is -0.403. The van der Waals surface area contributed by atoms with Crippen LogP contribution in [0.25, 0.3) is 0 Å². The third-order valence-electron chi connectivity index (χ3n) is 3.03. The molecular weight excluding hydrogens is 222 g/mol. The maximum Gasteiger partial charge on any atom is 0.341 e. The number of aromatic nitrogens is 1. The van der Waals surface area contributed by atoms with Crippen LogP contribution < -0.4 is 0 Å². The van der Waals surface area contributed by atoms with E-state index in [1.807, 2.05) is 6.92 Å². The van der Waals surface area contributed by atoms with Crippen molar-refractivity contribution in [3.8, 4) is 0 Å². The van der Waals surface area contributed by atoms with Crippen LogP contribution in [-0.4, -0.2) is 29.4 Å². The van der Waals surface area contributed by atoms with Gasteiger partial charge in [0.15, 0.2) is 5.76 Å². The van der Waals surface area contributed by atoms with Crippen molar-refractivity contribution in [2.75, 3.05) is 13.2 Å². The number of ether oxygens (including phenoxy) is 1. The third-order valence-corrected chi connectivity index (χ3v) is 3.03. The lowest BCUT2D eigenvalue weighted by molar-refractivity contribution is 0.0678. The number of carboxylic acids is 1. The number of carbonyl (C=O) groups is 1. The highest BCUT2D eigenvalue weighted by Gasteiger charge is 2.28. The second-order valence-corrected chi connectivity index (χ2v) is 4.34. The van der Waals surface area contributed by atoms with Crippen molar-refractivity contribution in [3.63, 3.8) is 0 Å². The molecule has 2 heterocycles. The quantitative estimate of drug-likeness (QED) is 0.872. The average Bonchev–Trinajstić information content (AvgIpc) is 2.74. The first-order valence-electron chi connectivity index (χ1n) is 6.03. The zero-order valence-electron chi connectivity index (χ0n) is 9.94. The maximum absolute atomic E-state index is 11.3. The maximum atomic E-state index is 11.3. The van der Waals surface area contributed by atoms with Gasteiger partial charge < -0.3 is 14.4 Å². The Kier molecular flexibility index (Phi) is 3.78. The summed E-state index contributed by atoms with van der Waals surface area (Å²) in [4.78, 5) is 11.3. The van der Waals surface area contributed by atoms with Crippen LogP contribution >= 0.6 is 0 Å². The van der Waals surface area contributed by atoms with E-state index in [0.717, 1.165) is 25.9 Å². The van der Waals surface area contributed by atoms with Crippen LogP contribution in [-0.2, 0) is 11.2 Å². The summed E-state index contributed by atoms with van der Waals surface area (Å²) in [7, 11) is 0. The minimum atomic E-state index is -0.949. The number of carboxylic acid groups (broad SMARTS) is 1. The van der Waals surface area contributed by atoms with E-state index < -0.39 is 5.97 Å². The molecule has 1 fully saturated rings. The number of aromatic carboxylic acids is 1. The summed E-state index contributed by atoms with van der Waals surface area (Å²) in [5, 5.41) is 13.2. The van der Waals surface area contributed by atoms with Gasteiger partial charge in [0.25, 0.3) is 0 Å². The highest BCUT2D eigenvalue weighted by molar-refractivity contribution is 5.90. The molecule has 0 aromatic carbocycles. The highest BCUT2D eigenvalue weighted by atomic mass is 16.5. The van der Waals surface area contributed by atoms with Gasteiger partial charge in [-0.3, -0.25) is 0 Å². The Labute approximate surface area is 99.7 Å². The van der Waals surface area contributed by atoms with Crippen molar-refractivity contribution in [1.29, 1.82) is 0 Å². The van der Waals surface area contributed by atoms with Crippen LogP contribution in [0.4, 0.5) is 0 Å². The lowest BCUT2D eigenvalue weighted by atomic mass is 9.94. The van der Waals surface area contributed by atoms with Crippen molar-refractivity contribution in [3.05, 3.63) is 17.0 Å². The molecule has 1 aromatic rings. The molecule has 0 saturated carbocycles. The lowest BCUT2D eigenvalue weighted by Gasteiger charge is -2.20. The van der Waals surface area contributed by atoms with Gasteiger partial charge in [0.1, 0.15) is 11.3 Å². The lowest BCUT2D eigenvalue weighted by Crippen LogP contribution is -2.18. The molecule has 1 aromatic heterocycles. The predicted octanol–water partition coefficient (Wildman–Crippen LogP) is 2.22. The average molecular weight is 239 g/mol. The molecule has 5 nitrogen and oxygen atoms in total. The zero-order chi connectivity index (χ0) is 12.3. The number of nitrogens with zero attached hydrogens (tertiary/aromatic N) is 1. The van der Waals surface area contributed by atoms with Crippen LogP contribution in [0.2, 0.25) is 0 Å². The summed E-state index contributed by atoms with van der Waals surface area (Å²) >= 11 is 0. The minimum Gasteiger partial charge on any atom is -0.477 e. The molecule has 0 amide bonds. The number of hydrogen-bond acceptors (Lipinski definition) is 4. The molecule has 1 unspecified atom stereocenters. The minimum absolute atomic E-state index is 0.0595. The van der Waals surface area contributed by atoms with E-state index in [0.29, 0.717) is 24.5 Å². The molecule has 1 aliphatic rings. The van der Waals surface area contributed by atoms with Gasteiger partial charge in [-0.2, -0.15) is 0 Å². The van der Waals surface area contributed by atoms with Crippen LogP contribution in [0.15, 0.2) is 4.52 Å². The monoisotopic (exact) mass is 239 g/mol. The molecule has 1 aliphatic heterocycles. The summed E-state index contributed by atoms with van der Waals surface area (Å²) in [6, 6.07) is 0. The predicted molar refractivity (Wildman–Crippen MR) is 60.3 cm³/mol. The normalized spacial score (nSPS) is 20.4. The van der Waals surface area contributed by atoms with Gasteiger partial charge in [0.2, 0.25) is 0 Å². The molecule has 5 heteroatoms. The van der Waals surface area contributed by atoms with E-state index in [2.05, 4.69) is 5.16 Å². The van der Waals surface area contributed by atoms with Crippen LogP contribution in [0.5, 0.6) is 0 Å². The fraction of sp³-hybridized carbons (Fsp3) is 0.667. The largest absolute Gasteiger partial charge is 0.477 e.